The van der Waals surface area contributed by atoms with Crippen molar-refractivity contribution in [3.8, 4) is 0 Å². The average Bonchev–Trinajstić information content (AvgIpc) is 2.84. The summed E-state index contributed by atoms with van der Waals surface area (Å²) >= 11 is 0. The number of likely N-dealkylation sites (N-methyl/N-ethyl adjacent to an activating group) is 1. The Bertz CT molecular complexity index is 301. The van der Waals surface area contributed by atoms with E-state index in [2.05, 4.69) is 17.0 Å². The first-order valence-corrected chi connectivity index (χ1v) is 5.75. The van der Waals surface area contributed by atoms with Gasteiger partial charge in [-0.25, -0.2) is 0 Å². The Morgan fingerprint density at radius 1 is 1.53 bits per heavy atom. The van der Waals surface area contributed by atoms with Gasteiger partial charge in [0.25, 0.3) is 0 Å². The Hall–Kier alpha value is -1.03. The van der Waals surface area contributed by atoms with Crippen LogP contribution in [0, 0.1) is 0 Å². The van der Waals surface area contributed by atoms with Crippen LogP contribution in [0.1, 0.15) is 25.7 Å². The Kier molecular flexibility index (Phi) is 3.26. The van der Waals surface area contributed by atoms with E-state index in [0.717, 1.165) is 19.1 Å². The molecule has 84 valence electrons. The van der Waals surface area contributed by atoms with Gasteiger partial charge >= 0.3 is 0 Å². The molecule has 0 aromatic carbocycles. The fraction of sp³-hybridized carbons (Fsp3) is 0.727. The molecule has 4 nitrogen and oxygen atoms in total. The first-order valence-electron chi connectivity index (χ1n) is 5.75. The number of rotatable bonds is 4. The van der Waals surface area contributed by atoms with Crippen molar-refractivity contribution in [2.75, 3.05) is 19.3 Å². The molecule has 0 amide bonds. The predicted molar refractivity (Wildman–Crippen MR) is 61.5 cm³/mol. The van der Waals surface area contributed by atoms with Gasteiger partial charge in [0.05, 0.1) is 6.54 Å². The highest BCUT2D eigenvalue weighted by Gasteiger charge is 2.18. The summed E-state index contributed by atoms with van der Waals surface area (Å²) in [7, 11) is 2.21. The lowest BCUT2D eigenvalue weighted by atomic mass is 10.2. The minimum Gasteiger partial charge on any atom is -0.382 e. The molecule has 0 saturated heterocycles. The molecule has 0 bridgehead atoms. The average molecular weight is 208 g/mol. The number of hydrogen-bond acceptors (Lipinski definition) is 3. The van der Waals surface area contributed by atoms with Crippen LogP contribution >= 0.6 is 0 Å². The van der Waals surface area contributed by atoms with Gasteiger partial charge in [-0.05, 0) is 26.0 Å². The van der Waals surface area contributed by atoms with Gasteiger partial charge in [0.2, 0.25) is 0 Å². The monoisotopic (exact) mass is 208 g/mol. The van der Waals surface area contributed by atoms with E-state index in [1.54, 1.807) is 0 Å². The molecular weight excluding hydrogens is 188 g/mol. The summed E-state index contributed by atoms with van der Waals surface area (Å²) in [5.74, 6) is 0.610. The van der Waals surface area contributed by atoms with E-state index in [9.17, 15) is 0 Å². The van der Waals surface area contributed by atoms with Crippen LogP contribution in [0.5, 0.6) is 0 Å². The van der Waals surface area contributed by atoms with Gasteiger partial charge in [-0.3, -0.25) is 4.68 Å². The summed E-state index contributed by atoms with van der Waals surface area (Å²) in [5.41, 5.74) is 5.56. The molecule has 0 radical (unpaired) electrons. The molecule has 1 saturated carbocycles. The quantitative estimate of drug-likeness (QED) is 0.812. The lowest BCUT2D eigenvalue weighted by Gasteiger charge is -2.23. The number of nitrogens with two attached hydrogens (primary N) is 1. The summed E-state index contributed by atoms with van der Waals surface area (Å²) in [6.07, 6.45) is 7.45. The van der Waals surface area contributed by atoms with Crippen LogP contribution in [0.4, 0.5) is 5.82 Å². The van der Waals surface area contributed by atoms with E-state index in [1.165, 1.54) is 25.7 Å². The molecule has 0 atom stereocenters. The number of hydrogen-bond donors (Lipinski definition) is 1. The molecule has 4 heteroatoms. The smallest absolute Gasteiger partial charge is 0.145 e. The predicted octanol–water partition coefficient (Wildman–Crippen LogP) is 1.34. The zero-order chi connectivity index (χ0) is 10.7. The zero-order valence-corrected chi connectivity index (χ0v) is 9.39. The number of nitrogen functional groups attached to an aromatic ring is 1. The van der Waals surface area contributed by atoms with Crippen LogP contribution in [-0.2, 0) is 6.54 Å². The van der Waals surface area contributed by atoms with E-state index in [-0.39, 0.29) is 0 Å². The Morgan fingerprint density at radius 3 is 2.87 bits per heavy atom. The fourth-order valence-corrected chi connectivity index (χ4v) is 2.29. The van der Waals surface area contributed by atoms with Gasteiger partial charge in [-0.15, -0.1) is 0 Å². The summed E-state index contributed by atoms with van der Waals surface area (Å²) in [4.78, 5) is 2.45. The van der Waals surface area contributed by atoms with Gasteiger partial charge in [-0.1, -0.05) is 12.8 Å². The highest BCUT2D eigenvalue weighted by molar-refractivity contribution is 5.23. The van der Waals surface area contributed by atoms with E-state index < -0.39 is 0 Å². The number of nitrogens with zero attached hydrogens (tertiary/aromatic N) is 3. The Balaban J connectivity index is 1.77. The van der Waals surface area contributed by atoms with Crippen molar-refractivity contribution in [1.82, 2.24) is 14.7 Å². The second-order valence-corrected chi connectivity index (χ2v) is 4.42. The fourth-order valence-electron chi connectivity index (χ4n) is 2.29. The standard InChI is InChI=1S/C11H20N4/c1-14(10-4-2-3-5-10)8-9-15-7-6-11(12)13-15/h6-7,10H,2-5,8-9H2,1H3,(H2,12,13). The summed E-state index contributed by atoms with van der Waals surface area (Å²) in [6, 6.07) is 2.63. The van der Waals surface area contributed by atoms with Crippen molar-refractivity contribution in [3.63, 3.8) is 0 Å². The number of anilines is 1. The van der Waals surface area contributed by atoms with E-state index in [0.29, 0.717) is 5.82 Å². The molecule has 1 aliphatic carbocycles. The second kappa shape index (κ2) is 4.66. The van der Waals surface area contributed by atoms with Crippen LogP contribution < -0.4 is 5.73 Å². The molecule has 1 aromatic heterocycles. The van der Waals surface area contributed by atoms with E-state index >= 15 is 0 Å². The third-order valence-corrected chi connectivity index (χ3v) is 3.29. The molecule has 1 aliphatic rings. The van der Waals surface area contributed by atoms with Crippen molar-refractivity contribution in [2.45, 2.75) is 38.3 Å². The third-order valence-electron chi connectivity index (χ3n) is 3.29. The molecule has 0 aliphatic heterocycles. The topological polar surface area (TPSA) is 47.1 Å². The third kappa shape index (κ3) is 2.72. The van der Waals surface area contributed by atoms with Crippen LogP contribution in [0.3, 0.4) is 0 Å². The van der Waals surface area contributed by atoms with Crippen LogP contribution in [0.25, 0.3) is 0 Å². The van der Waals surface area contributed by atoms with Crippen molar-refractivity contribution < 1.29 is 0 Å². The largest absolute Gasteiger partial charge is 0.382 e. The van der Waals surface area contributed by atoms with Gasteiger partial charge in [0.15, 0.2) is 0 Å². The Morgan fingerprint density at radius 2 is 2.27 bits per heavy atom. The Labute approximate surface area is 91.1 Å². The molecule has 1 aromatic rings. The van der Waals surface area contributed by atoms with Crippen molar-refractivity contribution in [2.24, 2.45) is 0 Å². The lowest BCUT2D eigenvalue weighted by molar-refractivity contribution is 0.233. The molecule has 2 N–H and O–H groups in total. The summed E-state index contributed by atoms with van der Waals surface area (Å²) in [5, 5.41) is 4.18. The molecule has 1 heterocycles. The molecule has 0 unspecified atom stereocenters. The van der Waals surface area contributed by atoms with Gasteiger partial charge in [0, 0.05) is 18.8 Å². The van der Waals surface area contributed by atoms with E-state index in [1.807, 2.05) is 16.9 Å². The molecule has 15 heavy (non-hydrogen) atoms. The maximum absolute atomic E-state index is 5.56. The minimum atomic E-state index is 0.610. The summed E-state index contributed by atoms with van der Waals surface area (Å²) in [6.45, 7) is 2.00. The maximum atomic E-state index is 5.56. The molecule has 2 rings (SSSR count). The normalized spacial score (nSPS) is 17.7. The molecular formula is C11H20N4. The minimum absolute atomic E-state index is 0.610. The first-order chi connectivity index (χ1) is 7.25. The van der Waals surface area contributed by atoms with Gasteiger partial charge in [-0.2, -0.15) is 5.10 Å². The van der Waals surface area contributed by atoms with Crippen molar-refractivity contribution >= 4 is 5.82 Å². The van der Waals surface area contributed by atoms with Crippen molar-refractivity contribution in [3.05, 3.63) is 12.3 Å². The van der Waals surface area contributed by atoms with Crippen LogP contribution in [0.2, 0.25) is 0 Å². The van der Waals surface area contributed by atoms with Crippen LogP contribution in [0.15, 0.2) is 12.3 Å². The SMILES string of the molecule is CN(CCn1ccc(N)n1)C1CCCC1. The molecule has 1 fully saturated rings. The highest BCUT2D eigenvalue weighted by Crippen LogP contribution is 2.22. The maximum Gasteiger partial charge on any atom is 0.145 e. The number of aromatic nitrogens is 2. The summed E-state index contributed by atoms with van der Waals surface area (Å²) < 4.78 is 1.92. The first kappa shape index (κ1) is 10.5. The zero-order valence-electron chi connectivity index (χ0n) is 9.39. The second-order valence-electron chi connectivity index (χ2n) is 4.42. The van der Waals surface area contributed by atoms with Gasteiger partial charge in [0.1, 0.15) is 5.82 Å². The van der Waals surface area contributed by atoms with Gasteiger partial charge < -0.3 is 10.6 Å². The van der Waals surface area contributed by atoms with E-state index in [4.69, 9.17) is 5.73 Å². The highest BCUT2D eigenvalue weighted by atomic mass is 15.3. The molecule has 0 spiro atoms. The lowest BCUT2D eigenvalue weighted by Crippen LogP contribution is -2.32. The van der Waals surface area contributed by atoms with Crippen molar-refractivity contribution in [1.29, 1.82) is 0 Å². The van der Waals surface area contributed by atoms with Crippen LogP contribution in [-0.4, -0.2) is 34.3 Å².